The highest BCUT2D eigenvalue weighted by molar-refractivity contribution is 6.05. The van der Waals surface area contributed by atoms with Gasteiger partial charge in [0.15, 0.2) is 0 Å². The highest BCUT2D eigenvalue weighted by atomic mass is 16.2. The van der Waals surface area contributed by atoms with Crippen molar-refractivity contribution in [2.24, 2.45) is 0 Å². The van der Waals surface area contributed by atoms with Gasteiger partial charge in [0.25, 0.3) is 11.8 Å². The number of unbranched alkanes of at least 4 members (excludes halogenated alkanes) is 6. The number of benzene rings is 2. The number of carbonyl (C=O) groups excluding carboxylic acids is 3. The molecule has 0 spiro atoms. The average Bonchev–Trinajstić information content (AvgIpc) is 2.89. The second-order valence-electron chi connectivity index (χ2n) is 9.38. The lowest BCUT2D eigenvalue weighted by molar-refractivity contribution is -0.116. The summed E-state index contributed by atoms with van der Waals surface area (Å²) in [6, 6.07) is 14.0. The number of hydrogen-bond donors (Lipinski definition) is 2. The highest BCUT2D eigenvalue weighted by Gasteiger charge is 2.18. The second kappa shape index (κ2) is 14.3. The van der Waals surface area contributed by atoms with Crippen LogP contribution in [-0.4, -0.2) is 35.7 Å². The Balaban J connectivity index is 1.45. The minimum absolute atomic E-state index is 0.00551. The van der Waals surface area contributed by atoms with E-state index in [2.05, 4.69) is 17.6 Å². The molecule has 1 aliphatic heterocycles. The number of anilines is 2. The predicted molar refractivity (Wildman–Crippen MR) is 142 cm³/mol. The van der Waals surface area contributed by atoms with E-state index in [0.29, 0.717) is 28.9 Å². The van der Waals surface area contributed by atoms with Gasteiger partial charge in [-0.05, 0) is 68.1 Å². The number of hydrogen-bond acceptors (Lipinski definition) is 3. The first-order chi connectivity index (χ1) is 17.1. The fourth-order valence-corrected chi connectivity index (χ4v) is 4.38. The number of nitrogens with zero attached hydrogens (tertiary/aromatic N) is 1. The van der Waals surface area contributed by atoms with E-state index in [4.69, 9.17) is 0 Å². The summed E-state index contributed by atoms with van der Waals surface area (Å²) in [4.78, 5) is 39.5. The minimum Gasteiger partial charge on any atom is -0.339 e. The molecule has 0 saturated carbocycles. The van der Waals surface area contributed by atoms with Crippen molar-refractivity contribution in [1.29, 1.82) is 0 Å². The maximum Gasteiger partial charge on any atom is 0.255 e. The molecule has 1 heterocycles. The van der Waals surface area contributed by atoms with Gasteiger partial charge in [0.05, 0.1) is 0 Å². The van der Waals surface area contributed by atoms with E-state index >= 15 is 0 Å². The van der Waals surface area contributed by atoms with Gasteiger partial charge in [-0.25, -0.2) is 0 Å². The lowest BCUT2D eigenvalue weighted by Gasteiger charge is -2.26. The lowest BCUT2D eigenvalue weighted by Crippen LogP contribution is -2.35. The van der Waals surface area contributed by atoms with Crippen molar-refractivity contribution in [2.75, 3.05) is 23.7 Å². The maximum atomic E-state index is 12.7. The molecule has 0 aromatic heterocycles. The molecule has 1 fully saturated rings. The summed E-state index contributed by atoms with van der Waals surface area (Å²) < 4.78 is 0. The molecule has 6 nitrogen and oxygen atoms in total. The Morgan fingerprint density at radius 1 is 0.743 bits per heavy atom. The molecule has 188 valence electrons. The molecule has 6 heteroatoms. The number of piperidine rings is 1. The van der Waals surface area contributed by atoms with Crippen LogP contribution in [0.2, 0.25) is 0 Å². The van der Waals surface area contributed by atoms with Gasteiger partial charge in [0, 0.05) is 42.0 Å². The number of nitrogens with one attached hydrogen (secondary N) is 2. The fraction of sp³-hybridized carbons (Fsp3) is 0.483. The number of carbonyl (C=O) groups is 3. The Hall–Kier alpha value is -3.15. The topological polar surface area (TPSA) is 78.5 Å². The van der Waals surface area contributed by atoms with Gasteiger partial charge in [-0.2, -0.15) is 0 Å². The molecular formula is C29H39N3O3. The van der Waals surface area contributed by atoms with Crippen LogP contribution in [0.3, 0.4) is 0 Å². The molecule has 2 N–H and O–H groups in total. The van der Waals surface area contributed by atoms with Gasteiger partial charge in [0.2, 0.25) is 5.91 Å². The van der Waals surface area contributed by atoms with Crippen LogP contribution in [0.15, 0.2) is 48.5 Å². The van der Waals surface area contributed by atoms with E-state index in [1.807, 2.05) is 4.90 Å². The molecule has 1 saturated heterocycles. The first-order valence-corrected chi connectivity index (χ1v) is 13.2. The molecule has 2 aromatic carbocycles. The van der Waals surface area contributed by atoms with Crippen LogP contribution in [0.1, 0.15) is 98.3 Å². The molecule has 0 atom stereocenters. The van der Waals surface area contributed by atoms with Crippen molar-refractivity contribution in [2.45, 2.75) is 77.6 Å². The van der Waals surface area contributed by atoms with Gasteiger partial charge < -0.3 is 15.5 Å². The summed E-state index contributed by atoms with van der Waals surface area (Å²) >= 11 is 0. The van der Waals surface area contributed by atoms with Gasteiger partial charge in [-0.3, -0.25) is 14.4 Å². The highest BCUT2D eigenvalue weighted by Crippen LogP contribution is 2.18. The van der Waals surface area contributed by atoms with E-state index in [1.54, 1.807) is 48.5 Å². The van der Waals surface area contributed by atoms with Gasteiger partial charge >= 0.3 is 0 Å². The van der Waals surface area contributed by atoms with Crippen LogP contribution in [0.5, 0.6) is 0 Å². The minimum atomic E-state index is -0.256. The molecule has 2 aromatic rings. The van der Waals surface area contributed by atoms with E-state index in [1.165, 1.54) is 38.5 Å². The quantitative estimate of drug-likeness (QED) is 0.336. The Bertz CT molecular complexity index is 965. The van der Waals surface area contributed by atoms with Gasteiger partial charge in [-0.1, -0.05) is 51.5 Å². The van der Waals surface area contributed by atoms with Crippen LogP contribution in [0.25, 0.3) is 0 Å². The van der Waals surface area contributed by atoms with Crippen LogP contribution in [-0.2, 0) is 4.79 Å². The fourth-order valence-electron chi connectivity index (χ4n) is 4.38. The number of likely N-dealkylation sites (tertiary alicyclic amines) is 1. The largest absolute Gasteiger partial charge is 0.339 e. The third-order valence-electron chi connectivity index (χ3n) is 6.45. The van der Waals surface area contributed by atoms with Crippen LogP contribution in [0.4, 0.5) is 11.4 Å². The lowest BCUT2D eigenvalue weighted by atomic mass is 10.1. The van der Waals surface area contributed by atoms with E-state index in [9.17, 15) is 14.4 Å². The molecule has 0 bridgehead atoms. The summed E-state index contributed by atoms with van der Waals surface area (Å²) in [5.41, 5.74) is 2.35. The smallest absolute Gasteiger partial charge is 0.255 e. The maximum absolute atomic E-state index is 12.7. The number of rotatable bonds is 12. The van der Waals surface area contributed by atoms with Crippen molar-refractivity contribution >= 4 is 29.1 Å². The molecule has 35 heavy (non-hydrogen) atoms. The second-order valence-corrected chi connectivity index (χ2v) is 9.38. The summed E-state index contributed by atoms with van der Waals surface area (Å²) in [7, 11) is 0. The summed E-state index contributed by atoms with van der Waals surface area (Å²) in [5, 5.41) is 5.78. The zero-order valence-electron chi connectivity index (χ0n) is 21.0. The molecule has 0 unspecified atom stereocenters. The number of amides is 3. The predicted octanol–water partition coefficient (Wildman–Crippen LogP) is 6.64. The molecule has 0 radical (unpaired) electrons. The standard InChI is InChI=1S/C29H39N3O3/c1-2-3-4-5-6-7-9-15-27(33)30-25-18-16-23(17-19-25)28(34)31-26-14-12-13-24(22-26)29(35)32-20-10-8-11-21-32/h12-14,16-19,22H,2-11,15,20-21H2,1H3,(H,30,33)(H,31,34). The van der Waals surface area contributed by atoms with Crippen molar-refractivity contribution in [3.05, 3.63) is 59.7 Å². The van der Waals surface area contributed by atoms with Gasteiger partial charge in [0.1, 0.15) is 0 Å². The monoisotopic (exact) mass is 477 g/mol. The van der Waals surface area contributed by atoms with Crippen molar-refractivity contribution in [3.63, 3.8) is 0 Å². The third-order valence-corrected chi connectivity index (χ3v) is 6.45. The summed E-state index contributed by atoms with van der Waals surface area (Å²) in [6.07, 6.45) is 12.0. The molecule has 0 aliphatic carbocycles. The SMILES string of the molecule is CCCCCCCCCC(=O)Nc1ccc(C(=O)Nc2cccc(C(=O)N3CCCCC3)c2)cc1. The van der Waals surface area contributed by atoms with Crippen LogP contribution < -0.4 is 10.6 Å². The van der Waals surface area contributed by atoms with E-state index in [-0.39, 0.29) is 17.7 Å². The normalized spacial score (nSPS) is 13.3. The molecule has 1 aliphatic rings. The van der Waals surface area contributed by atoms with E-state index in [0.717, 1.165) is 38.8 Å². The van der Waals surface area contributed by atoms with Crippen molar-refractivity contribution in [1.82, 2.24) is 4.90 Å². The third kappa shape index (κ3) is 8.85. The zero-order chi connectivity index (χ0) is 24.9. The first-order valence-electron chi connectivity index (χ1n) is 13.2. The van der Waals surface area contributed by atoms with Crippen molar-refractivity contribution < 1.29 is 14.4 Å². The Morgan fingerprint density at radius 2 is 1.43 bits per heavy atom. The molecular weight excluding hydrogens is 438 g/mol. The zero-order valence-corrected chi connectivity index (χ0v) is 21.0. The molecule has 3 rings (SSSR count). The average molecular weight is 478 g/mol. The van der Waals surface area contributed by atoms with Crippen molar-refractivity contribution in [3.8, 4) is 0 Å². The molecule has 3 amide bonds. The first kappa shape index (κ1) is 26.5. The van der Waals surface area contributed by atoms with Crippen LogP contribution in [0, 0.1) is 0 Å². The van der Waals surface area contributed by atoms with E-state index < -0.39 is 0 Å². The Morgan fingerprint density at radius 3 is 2.14 bits per heavy atom. The van der Waals surface area contributed by atoms with Gasteiger partial charge in [-0.15, -0.1) is 0 Å². The van der Waals surface area contributed by atoms with Crippen LogP contribution >= 0.6 is 0 Å². The Kier molecular flexibility index (Phi) is 10.8. The summed E-state index contributed by atoms with van der Waals surface area (Å²) in [6.45, 7) is 3.79. The Labute approximate surface area is 209 Å². The summed E-state index contributed by atoms with van der Waals surface area (Å²) in [5.74, 6) is -0.239.